The highest BCUT2D eigenvalue weighted by Crippen LogP contribution is 2.41. The number of thioether (sulfide) groups is 1. The summed E-state index contributed by atoms with van der Waals surface area (Å²) in [5.74, 6) is -0.191. The van der Waals surface area contributed by atoms with Gasteiger partial charge in [0.05, 0.1) is 0 Å². The zero-order chi connectivity index (χ0) is 11.5. The molecule has 0 amide bonds. The Morgan fingerprint density at radius 2 is 1.93 bits per heavy atom. The van der Waals surface area contributed by atoms with Crippen LogP contribution in [0.1, 0.15) is 10.4 Å². The van der Waals surface area contributed by atoms with E-state index in [4.69, 9.17) is 10.4 Å². The summed E-state index contributed by atoms with van der Waals surface area (Å²) in [6.45, 7) is 0. The number of hydrogen-bond acceptors (Lipinski definition) is 4. The molecule has 0 aliphatic rings. The summed E-state index contributed by atoms with van der Waals surface area (Å²) in [6.07, 6.45) is 0. The Labute approximate surface area is 108 Å². The minimum absolute atomic E-state index is 0.0919. The molecule has 0 aromatic heterocycles. The lowest BCUT2D eigenvalue weighted by Crippen LogP contribution is -2.20. The van der Waals surface area contributed by atoms with E-state index < -0.39 is 2.57 Å². The van der Waals surface area contributed by atoms with E-state index in [-0.39, 0.29) is 11.5 Å². The monoisotopic (exact) mass is 349 g/mol. The van der Waals surface area contributed by atoms with Crippen molar-refractivity contribution in [2.45, 2.75) is 2.57 Å². The Morgan fingerprint density at radius 1 is 1.40 bits per heavy atom. The first-order valence-corrected chi connectivity index (χ1v) is 6.16. The van der Waals surface area contributed by atoms with Crippen LogP contribution in [0.3, 0.4) is 0 Å². The molecule has 0 spiro atoms. The molecule has 15 heavy (non-hydrogen) atoms. The molecule has 0 aliphatic heterocycles. The van der Waals surface area contributed by atoms with E-state index in [1.807, 2.05) is 5.40 Å². The predicted octanol–water partition coefficient (Wildman–Crippen LogP) is 3.23. The van der Waals surface area contributed by atoms with Gasteiger partial charge in [0, 0.05) is 5.56 Å². The number of carbonyl (C=O) groups excluding carboxylic acids is 1. The number of rotatable bonds is 3. The van der Waals surface area contributed by atoms with Crippen molar-refractivity contribution in [3.8, 4) is 11.2 Å². The van der Waals surface area contributed by atoms with Crippen molar-refractivity contribution in [2.24, 2.45) is 0 Å². The smallest absolute Gasteiger partial charge is 0.201 e. The van der Waals surface area contributed by atoms with Crippen LogP contribution in [0.4, 0.5) is 0 Å². The number of carbonyl (C=O) groups is 1. The molecule has 0 radical (unpaired) electrons. The van der Waals surface area contributed by atoms with Crippen molar-refractivity contribution in [3.05, 3.63) is 29.8 Å². The molecule has 0 saturated heterocycles. The number of alkyl halides is 2. The van der Waals surface area contributed by atoms with Gasteiger partial charge in [0.2, 0.25) is 8.35 Å². The summed E-state index contributed by atoms with van der Waals surface area (Å²) >= 11 is 6.98. The second kappa shape index (κ2) is 5.01. The number of Topliss-reactive ketones (excluding diaryl/α,β-unsaturated/α-hetero) is 1. The standard InChI is InChI=1S/C9H5Br2NO2S/c10-9(11,15-5-12)8(14)6-1-3-7(13)4-2-6/h1-4,13H. The third-order valence-electron chi connectivity index (χ3n) is 1.57. The van der Waals surface area contributed by atoms with Crippen molar-refractivity contribution in [3.63, 3.8) is 0 Å². The summed E-state index contributed by atoms with van der Waals surface area (Å²) in [4.78, 5) is 11.8. The van der Waals surface area contributed by atoms with Gasteiger partial charge >= 0.3 is 0 Å². The lowest BCUT2D eigenvalue weighted by atomic mass is 10.1. The van der Waals surface area contributed by atoms with Gasteiger partial charge in [-0.25, -0.2) is 0 Å². The molecule has 0 atom stereocenters. The second-order valence-electron chi connectivity index (χ2n) is 2.59. The highest BCUT2D eigenvalue weighted by molar-refractivity contribution is 9.28. The molecule has 0 bridgehead atoms. The predicted molar refractivity (Wildman–Crippen MR) is 66.2 cm³/mol. The third-order valence-corrected chi connectivity index (χ3v) is 3.79. The number of hydrogen-bond donors (Lipinski definition) is 1. The Kier molecular flexibility index (Phi) is 4.20. The number of aromatic hydroxyl groups is 1. The van der Waals surface area contributed by atoms with Crippen molar-refractivity contribution in [2.75, 3.05) is 0 Å². The highest BCUT2D eigenvalue weighted by atomic mass is 79.9. The summed E-state index contributed by atoms with van der Waals surface area (Å²) < 4.78 is -1.13. The first-order chi connectivity index (χ1) is 6.97. The Morgan fingerprint density at radius 3 is 2.40 bits per heavy atom. The van der Waals surface area contributed by atoms with Gasteiger partial charge in [-0.3, -0.25) is 4.79 Å². The molecule has 1 aromatic rings. The molecule has 0 saturated carbocycles. The molecule has 78 valence electrons. The maximum absolute atomic E-state index is 11.8. The number of nitriles is 1. The molecule has 1 rings (SSSR count). The Bertz CT molecular complexity index is 411. The third kappa shape index (κ3) is 3.23. The van der Waals surface area contributed by atoms with E-state index in [0.29, 0.717) is 5.56 Å². The Hall–Kier alpha value is -0.510. The van der Waals surface area contributed by atoms with Crippen LogP contribution in [0.25, 0.3) is 0 Å². The van der Waals surface area contributed by atoms with Crippen LogP contribution in [-0.2, 0) is 0 Å². The number of phenols is 1. The van der Waals surface area contributed by atoms with Gasteiger partial charge in [0.15, 0.2) is 0 Å². The fraction of sp³-hybridized carbons (Fsp3) is 0.111. The van der Waals surface area contributed by atoms with Crippen LogP contribution in [0.2, 0.25) is 0 Å². The van der Waals surface area contributed by atoms with Crippen molar-refractivity contribution in [1.29, 1.82) is 5.26 Å². The molecule has 0 fully saturated rings. The average molecular weight is 351 g/mol. The summed E-state index contributed by atoms with van der Waals surface area (Å²) in [7, 11) is 0. The minimum atomic E-state index is -1.13. The van der Waals surface area contributed by atoms with Crippen LogP contribution >= 0.6 is 43.6 Å². The molecular weight excluding hydrogens is 346 g/mol. The van der Waals surface area contributed by atoms with Crippen LogP contribution in [0.5, 0.6) is 5.75 Å². The van der Waals surface area contributed by atoms with E-state index in [1.165, 1.54) is 24.3 Å². The number of ketones is 1. The average Bonchev–Trinajstić information content (AvgIpc) is 2.18. The number of thiocyanates is 1. The molecule has 0 aliphatic carbocycles. The molecular formula is C9H5Br2NO2S. The maximum atomic E-state index is 11.8. The number of halogens is 2. The lowest BCUT2D eigenvalue weighted by Gasteiger charge is -2.13. The quantitative estimate of drug-likeness (QED) is 0.516. The lowest BCUT2D eigenvalue weighted by molar-refractivity contribution is 0.101. The van der Waals surface area contributed by atoms with E-state index >= 15 is 0 Å². The number of nitrogens with zero attached hydrogens (tertiary/aromatic N) is 1. The number of benzene rings is 1. The fourth-order valence-corrected chi connectivity index (χ4v) is 2.10. The molecule has 0 heterocycles. The van der Waals surface area contributed by atoms with E-state index in [0.717, 1.165) is 11.8 Å². The van der Waals surface area contributed by atoms with E-state index in [1.54, 1.807) is 0 Å². The molecule has 1 N–H and O–H groups in total. The van der Waals surface area contributed by atoms with Crippen molar-refractivity contribution >= 4 is 49.4 Å². The van der Waals surface area contributed by atoms with Gasteiger partial charge in [0.1, 0.15) is 11.2 Å². The fourth-order valence-electron chi connectivity index (χ4n) is 0.885. The van der Waals surface area contributed by atoms with Gasteiger partial charge in [0.25, 0.3) is 0 Å². The van der Waals surface area contributed by atoms with Gasteiger partial charge < -0.3 is 5.11 Å². The number of phenolic OH excluding ortho intramolecular Hbond substituents is 1. The van der Waals surface area contributed by atoms with Crippen molar-refractivity contribution < 1.29 is 9.90 Å². The van der Waals surface area contributed by atoms with Gasteiger partial charge in [-0.05, 0) is 36.0 Å². The highest BCUT2D eigenvalue weighted by Gasteiger charge is 2.34. The summed E-state index contributed by atoms with van der Waals surface area (Å²) in [5, 5.41) is 19.4. The van der Waals surface area contributed by atoms with Gasteiger partial charge in [-0.2, -0.15) is 5.26 Å². The molecule has 3 nitrogen and oxygen atoms in total. The maximum Gasteiger partial charge on any atom is 0.201 e. The normalized spacial score (nSPS) is 10.7. The largest absolute Gasteiger partial charge is 0.508 e. The van der Waals surface area contributed by atoms with Crippen LogP contribution in [0, 0.1) is 10.7 Å². The Balaban J connectivity index is 2.95. The minimum Gasteiger partial charge on any atom is -0.508 e. The molecule has 0 unspecified atom stereocenters. The van der Waals surface area contributed by atoms with Crippen LogP contribution in [0.15, 0.2) is 24.3 Å². The van der Waals surface area contributed by atoms with Crippen LogP contribution in [-0.4, -0.2) is 13.5 Å². The van der Waals surface area contributed by atoms with E-state index in [2.05, 4.69) is 31.9 Å². The first kappa shape index (κ1) is 12.6. The second-order valence-corrected chi connectivity index (χ2v) is 8.08. The van der Waals surface area contributed by atoms with Gasteiger partial charge in [-0.15, -0.1) is 0 Å². The topological polar surface area (TPSA) is 61.1 Å². The summed E-state index contributed by atoms with van der Waals surface area (Å²) in [6, 6.07) is 5.82. The van der Waals surface area contributed by atoms with Crippen LogP contribution < -0.4 is 0 Å². The SMILES string of the molecule is N#CSC(Br)(Br)C(=O)c1ccc(O)cc1. The molecule has 6 heteroatoms. The van der Waals surface area contributed by atoms with Gasteiger partial charge in [-0.1, -0.05) is 31.9 Å². The van der Waals surface area contributed by atoms with E-state index in [9.17, 15) is 4.79 Å². The summed E-state index contributed by atoms with van der Waals surface area (Å²) in [5.41, 5.74) is 0.407. The first-order valence-electron chi connectivity index (χ1n) is 3.76. The zero-order valence-corrected chi connectivity index (χ0v) is 11.3. The van der Waals surface area contributed by atoms with Crippen molar-refractivity contribution in [1.82, 2.24) is 0 Å². The molecule has 1 aromatic carbocycles. The zero-order valence-electron chi connectivity index (χ0n) is 7.28.